The molecule has 0 saturated heterocycles. The molecule has 164 valence electrons. The molecule has 4 aromatic heterocycles. The molecule has 2 aliphatic rings. The van der Waals surface area contributed by atoms with Crippen LogP contribution in [0.25, 0.3) is 22.5 Å². The first-order valence-corrected chi connectivity index (χ1v) is 10.7. The van der Waals surface area contributed by atoms with Gasteiger partial charge in [-0.05, 0) is 25.9 Å². The van der Waals surface area contributed by atoms with E-state index in [1.54, 1.807) is 12.7 Å². The topological polar surface area (TPSA) is 111 Å². The molecular weight excluding hydrogens is 404 g/mol. The summed E-state index contributed by atoms with van der Waals surface area (Å²) in [5.74, 6) is 0. The van der Waals surface area contributed by atoms with Crippen LogP contribution in [-0.2, 0) is 40.0 Å². The number of rotatable bonds is 2. The molecule has 0 aromatic carbocycles. The molecule has 0 aliphatic carbocycles. The molecule has 10 heteroatoms. The van der Waals surface area contributed by atoms with Gasteiger partial charge in [0.05, 0.1) is 22.8 Å². The van der Waals surface area contributed by atoms with Gasteiger partial charge in [0.1, 0.15) is 12.7 Å². The Balaban J connectivity index is 0.000000135. The maximum absolute atomic E-state index is 4.56. The van der Waals surface area contributed by atoms with E-state index in [9.17, 15) is 0 Å². The third-order valence-electron chi connectivity index (χ3n) is 5.86. The molecule has 2 aliphatic heterocycles. The quantitative estimate of drug-likeness (QED) is 0.485. The molecule has 4 aromatic rings. The summed E-state index contributed by atoms with van der Waals surface area (Å²) in [4.78, 5) is 16.2. The fourth-order valence-corrected chi connectivity index (χ4v) is 4.39. The predicted molar refractivity (Wildman–Crippen MR) is 119 cm³/mol. The van der Waals surface area contributed by atoms with Gasteiger partial charge >= 0.3 is 0 Å². The third kappa shape index (κ3) is 3.90. The molecule has 0 bridgehead atoms. The van der Waals surface area contributed by atoms with Crippen LogP contribution in [0.3, 0.4) is 0 Å². The summed E-state index contributed by atoms with van der Waals surface area (Å²) in [6.07, 6.45) is 12.4. The summed E-state index contributed by atoms with van der Waals surface area (Å²) in [6.45, 7) is 3.78. The summed E-state index contributed by atoms with van der Waals surface area (Å²) in [7, 11) is 3.96. The standard InChI is InChI=1S/2C11H13N5/c1-16-10-6-12-3-2-9(10)11(15-16)8-4-13-7-14-5-8;1-16-11(8-4-13-7-14-5-8)9-2-3-12-6-10(9)15-16/h2*4-5,7,12H,2-3,6H2,1H3. The van der Waals surface area contributed by atoms with Crippen LogP contribution in [0.4, 0.5) is 0 Å². The summed E-state index contributed by atoms with van der Waals surface area (Å²) in [6, 6.07) is 0. The van der Waals surface area contributed by atoms with Crippen molar-refractivity contribution in [3.05, 3.63) is 60.0 Å². The first-order chi connectivity index (χ1) is 15.7. The van der Waals surface area contributed by atoms with Gasteiger partial charge in [-0.15, -0.1) is 0 Å². The third-order valence-corrected chi connectivity index (χ3v) is 5.86. The van der Waals surface area contributed by atoms with Gasteiger partial charge in [-0.3, -0.25) is 9.36 Å². The molecule has 2 N–H and O–H groups in total. The lowest BCUT2D eigenvalue weighted by molar-refractivity contribution is 0.593. The fourth-order valence-electron chi connectivity index (χ4n) is 4.39. The number of fused-ring (bicyclic) bond motifs is 2. The fraction of sp³-hybridized carbons (Fsp3) is 0.364. The molecule has 0 spiro atoms. The molecule has 0 saturated carbocycles. The Morgan fingerprint density at radius 1 is 0.719 bits per heavy atom. The first-order valence-electron chi connectivity index (χ1n) is 10.7. The van der Waals surface area contributed by atoms with Crippen LogP contribution in [0.5, 0.6) is 0 Å². The van der Waals surface area contributed by atoms with Crippen LogP contribution in [0.2, 0.25) is 0 Å². The monoisotopic (exact) mass is 430 g/mol. The van der Waals surface area contributed by atoms with Crippen LogP contribution in [-0.4, -0.2) is 52.6 Å². The average Bonchev–Trinajstić information content (AvgIpc) is 3.37. The molecule has 6 heterocycles. The van der Waals surface area contributed by atoms with E-state index >= 15 is 0 Å². The smallest absolute Gasteiger partial charge is 0.115 e. The Morgan fingerprint density at radius 2 is 1.34 bits per heavy atom. The second kappa shape index (κ2) is 8.93. The van der Waals surface area contributed by atoms with Crippen molar-refractivity contribution in [1.29, 1.82) is 0 Å². The Morgan fingerprint density at radius 3 is 2.06 bits per heavy atom. The number of aryl methyl sites for hydroxylation is 2. The van der Waals surface area contributed by atoms with Crippen molar-refractivity contribution < 1.29 is 0 Å². The lowest BCUT2D eigenvalue weighted by Gasteiger charge is -2.14. The van der Waals surface area contributed by atoms with Crippen molar-refractivity contribution >= 4 is 0 Å². The average molecular weight is 431 g/mol. The molecule has 0 fully saturated rings. The van der Waals surface area contributed by atoms with Crippen molar-refractivity contribution in [3.8, 4) is 22.5 Å². The van der Waals surface area contributed by atoms with Gasteiger partial charge in [-0.25, -0.2) is 19.9 Å². The van der Waals surface area contributed by atoms with E-state index in [0.29, 0.717) is 0 Å². The van der Waals surface area contributed by atoms with E-state index in [4.69, 9.17) is 0 Å². The molecule has 0 atom stereocenters. The lowest BCUT2D eigenvalue weighted by atomic mass is 10.0. The maximum atomic E-state index is 4.56. The first kappa shape index (κ1) is 20.4. The largest absolute Gasteiger partial charge is 0.311 e. The van der Waals surface area contributed by atoms with Crippen LogP contribution in [0, 0.1) is 0 Å². The second-order valence-electron chi connectivity index (χ2n) is 7.90. The van der Waals surface area contributed by atoms with E-state index in [0.717, 1.165) is 67.2 Å². The van der Waals surface area contributed by atoms with E-state index < -0.39 is 0 Å². The van der Waals surface area contributed by atoms with Crippen LogP contribution in [0.15, 0.2) is 37.4 Å². The number of hydrogen-bond acceptors (Lipinski definition) is 8. The SMILES string of the molecule is Cn1nc(-c2cncnc2)c2c1CNCC2.Cn1nc2c(c1-c1cncnc1)CCNC2. The Hall–Kier alpha value is -3.50. The highest BCUT2D eigenvalue weighted by Gasteiger charge is 2.21. The summed E-state index contributed by atoms with van der Waals surface area (Å²) < 4.78 is 3.88. The normalized spacial score (nSPS) is 14.8. The summed E-state index contributed by atoms with van der Waals surface area (Å²) in [5, 5.41) is 15.8. The molecule has 0 unspecified atom stereocenters. The van der Waals surface area contributed by atoms with Gasteiger partial charge < -0.3 is 10.6 Å². The zero-order chi connectivity index (χ0) is 21.9. The Kier molecular flexibility index (Phi) is 5.70. The van der Waals surface area contributed by atoms with Crippen LogP contribution >= 0.6 is 0 Å². The van der Waals surface area contributed by atoms with Crippen LogP contribution < -0.4 is 10.6 Å². The van der Waals surface area contributed by atoms with E-state index in [2.05, 4.69) is 40.8 Å². The van der Waals surface area contributed by atoms with E-state index in [1.807, 2.05) is 48.2 Å². The van der Waals surface area contributed by atoms with Gasteiger partial charge in [-0.1, -0.05) is 0 Å². The van der Waals surface area contributed by atoms with Crippen molar-refractivity contribution in [3.63, 3.8) is 0 Å². The lowest BCUT2D eigenvalue weighted by Crippen LogP contribution is -2.24. The number of nitrogens with one attached hydrogen (secondary N) is 2. The van der Waals surface area contributed by atoms with Crippen molar-refractivity contribution in [2.75, 3.05) is 13.1 Å². The highest BCUT2D eigenvalue weighted by Crippen LogP contribution is 2.27. The minimum absolute atomic E-state index is 0.858. The molecule has 6 rings (SSSR count). The Bertz CT molecular complexity index is 1190. The molecule has 0 radical (unpaired) electrons. The number of hydrogen-bond donors (Lipinski definition) is 2. The zero-order valence-electron chi connectivity index (χ0n) is 18.3. The number of nitrogens with zero attached hydrogens (tertiary/aromatic N) is 8. The highest BCUT2D eigenvalue weighted by molar-refractivity contribution is 5.64. The maximum Gasteiger partial charge on any atom is 0.115 e. The Labute approximate surface area is 186 Å². The van der Waals surface area contributed by atoms with E-state index in [1.165, 1.54) is 16.8 Å². The molecule has 0 amide bonds. The minimum Gasteiger partial charge on any atom is -0.311 e. The van der Waals surface area contributed by atoms with Gasteiger partial charge in [0.25, 0.3) is 0 Å². The second-order valence-corrected chi connectivity index (χ2v) is 7.90. The van der Waals surface area contributed by atoms with Crippen molar-refractivity contribution in [1.82, 2.24) is 50.1 Å². The highest BCUT2D eigenvalue weighted by atomic mass is 15.3. The number of aromatic nitrogens is 8. The van der Waals surface area contributed by atoms with Gasteiger partial charge in [0.2, 0.25) is 0 Å². The van der Waals surface area contributed by atoms with Gasteiger partial charge in [-0.2, -0.15) is 10.2 Å². The summed E-state index contributed by atoms with van der Waals surface area (Å²) >= 11 is 0. The summed E-state index contributed by atoms with van der Waals surface area (Å²) in [5.41, 5.74) is 9.29. The minimum atomic E-state index is 0.858. The molecular formula is C22H26N10. The predicted octanol–water partition coefficient (Wildman–Crippen LogP) is 1.05. The van der Waals surface area contributed by atoms with Gasteiger partial charge in [0, 0.05) is 74.2 Å². The van der Waals surface area contributed by atoms with Crippen molar-refractivity contribution in [2.24, 2.45) is 14.1 Å². The van der Waals surface area contributed by atoms with Crippen molar-refractivity contribution in [2.45, 2.75) is 25.9 Å². The zero-order valence-corrected chi connectivity index (χ0v) is 18.3. The molecule has 10 nitrogen and oxygen atoms in total. The molecule has 32 heavy (non-hydrogen) atoms. The van der Waals surface area contributed by atoms with E-state index in [-0.39, 0.29) is 0 Å². The van der Waals surface area contributed by atoms with Crippen LogP contribution in [0.1, 0.15) is 22.5 Å². The van der Waals surface area contributed by atoms with Gasteiger partial charge in [0.15, 0.2) is 0 Å².